The van der Waals surface area contributed by atoms with E-state index in [0.29, 0.717) is 8.55 Å². The van der Waals surface area contributed by atoms with E-state index in [9.17, 15) is 8.42 Å². The fraction of sp³-hybridized carbons (Fsp3) is 0.385. The average Bonchev–Trinajstić information content (AvgIpc) is 3.01. The first-order valence-electron chi connectivity index (χ1n) is 6.02. The summed E-state index contributed by atoms with van der Waals surface area (Å²) in [6.07, 6.45) is 1.21. The monoisotopic (exact) mass is 338 g/mol. The minimum Gasteiger partial charge on any atom is -0.223 e. The van der Waals surface area contributed by atoms with Gasteiger partial charge in [-0.2, -0.15) is 0 Å². The van der Waals surface area contributed by atoms with Crippen LogP contribution >= 0.6 is 34.3 Å². The summed E-state index contributed by atoms with van der Waals surface area (Å²) in [7, 11) is -3.09. The van der Waals surface area contributed by atoms with E-state index < -0.39 is 9.84 Å². The van der Waals surface area contributed by atoms with Crippen LogP contribution in [0.1, 0.15) is 27.7 Å². The molecule has 2 aromatic heterocycles. The molecule has 2 nitrogen and oxygen atoms in total. The van der Waals surface area contributed by atoms with Crippen molar-refractivity contribution in [3.05, 3.63) is 28.6 Å². The first-order chi connectivity index (χ1) is 8.97. The molecule has 0 atom stereocenters. The van der Waals surface area contributed by atoms with Crippen LogP contribution in [0.15, 0.2) is 28.5 Å². The number of hydrogen-bond donors (Lipinski definition) is 0. The van der Waals surface area contributed by atoms with Crippen LogP contribution in [0.3, 0.4) is 0 Å². The van der Waals surface area contributed by atoms with Crippen LogP contribution in [-0.2, 0) is 9.84 Å². The third kappa shape index (κ3) is 5.65. The van der Waals surface area contributed by atoms with Gasteiger partial charge >= 0.3 is 0 Å². The molecule has 0 bridgehead atoms. The summed E-state index contributed by atoms with van der Waals surface area (Å²) in [6.45, 7) is 8.00. The molecule has 0 N–H and O–H groups in total. The highest BCUT2D eigenvalue weighted by molar-refractivity contribution is 7.92. The molecule has 0 fully saturated rings. The van der Waals surface area contributed by atoms with Crippen LogP contribution in [0, 0.1) is 0 Å². The third-order valence-electron chi connectivity index (χ3n) is 1.76. The van der Waals surface area contributed by atoms with Gasteiger partial charge < -0.3 is 0 Å². The predicted octanol–water partition coefficient (Wildman–Crippen LogP) is 5.59. The van der Waals surface area contributed by atoms with Crippen LogP contribution in [0.5, 0.6) is 0 Å². The van der Waals surface area contributed by atoms with Gasteiger partial charge in [0.05, 0.1) is 4.34 Å². The molecule has 2 rings (SSSR count). The Morgan fingerprint density at radius 1 is 0.895 bits per heavy atom. The predicted molar refractivity (Wildman–Crippen MR) is 88.4 cm³/mol. The van der Waals surface area contributed by atoms with Crippen molar-refractivity contribution in [2.45, 2.75) is 31.9 Å². The largest absolute Gasteiger partial charge is 0.223 e. The molecular weight excluding hydrogens is 320 g/mol. The maximum Gasteiger partial charge on any atom is 0.184 e. The molecule has 0 aliphatic heterocycles. The lowest BCUT2D eigenvalue weighted by Gasteiger charge is -1.90. The molecule has 0 amide bonds. The number of thiophene rings is 2. The second kappa shape index (κ2) is 8.74. The average molecular weight is 339 g/mol. The maximum absolute atomic E-state index is 11.3. The summed E-state index contributed by atoms with van der Waals surface area (Å²) in [6, 6.07) is 7.14. The number of sulfone groups is 1. The van der Waals surface area contributed by atoms with E-state index in [2.05, 4.69) is 0 Å². The Morgan fingerprint density at radius 2 is 1.37 bits per heavy atom. The minimum atomic E-state index is -3.09. The van der Waals surface area contributed by atoms with Crippen molar-refractivity contribution in [2.75, 3.05) is 6.26 Å². The highest BCUT2D eigenvalue weighted by atomic mass is 35.5. The van der Waals surface area contributed by atoms with E-state index in [1.165, 1.54) is 28.9 Å². The standard InChI is InChI=1S/C9H7ClO2S3.2C2H6/c1-15(11,12)9-5-3-7(14-9)6-2-4-8(10)13-6;2*1-2/h2-5H,1H3;2*1-2H3. The van der Waals surface area contributed by atoms with Crippen molar-refractivity contribution >= 4 is 44.1 Å². The molecular formula is C13H19ClO2S3. The highest BCUT2D eigenvalue weighted by Crippen LogP contribution is 2.36. The Bertz CT molecular complexity index is 583. The van der Waals surface area contributed by atoms with Gasteiger partial charge in [-0.1, -0.05) is 39.3 Å². The van der Waals surface area contributed by atoms with Gasteiger partial charge in [-0.05, 0) is 24.3 Å². The Balaban J connectivity index is 0.000000741. The smallest absolute Gasteiger partial charge is 0.184 e. The van der Waals surface area contributed by atoms with Gasteiger partial charge in [0.25, 0.3) is 0 Å². The molecule has 0 spiro atoms. The molecule has 0 aromatic carbocycles. The Hall–Kier alpha value is -0.360. The maximum atomic E-state index is 11.3. The van der Waals surface area contributed by atoms with E-state index >= 15 is 0 Å². The van der Waals surface area contributed by atoms with Gasteiger partial charge in [-0.3, -0.25) is 0 Å². The van der Waals surface area contributed by atoms with E-state index in [4.69, 9.17) is 11.6 Å². The van der Waals surface area contributed by atoms with E-state index in [1.54, 1.807) is 12.1 Å². The summed E-state index contributed by atoms with van der Waals surface area (Å²) in [5.41, 5.74) is 0. The van der Waals surface area contributed by atoms with Crippen LogP contribution in [-0.4, -0.2) is 14.7 Å². The van der Waals surface area contributed by atoms with Crippen LogP contribution in [0.2, 0.25) is 4.34 Å². The Labute approximate surface area is 129 Å². The molecule has 0 radical (unpaired) electrons. The van der Waals surface area contributed by atoms with E-state index in [1.807, 2.05) is 39.8 Å². The van der Waals surface area contributed by atoms with E-state index in [0.717, 1.165) is 9.75 Å². The lowest BCUT2D eigenvalue weighted by molar-refractivity contribution is 0.604. The highest BCUT2D eigenvalue weighted by Gasteiger charge is 2.12. The van der Waals surface area contributed by atoms with Crippen LogP contribution < -0.4 is 0 Å². The van der Waals surface area contributed by atoms with Gasteiger partial charge in [0.1, 0.15) is 4.21 Å². The molecule has 2 heterocycles. The van der Waals surface area contributed by atoms with Gasteiger partial charge in [-0.15, -0.1) is 22.7 Å². The van der Waals surface area contributed by atoms with Crippen molar-refractivity contribution in [1.82, 2.24) is 0 Å². The molecule has 108 valence electrons. The zero-order valence-corrected chi connectivity index (χ0v) is 14.9. The van der Waals surface area contributed by atoms with Gasteiger partial charge in [0, 0.05) is 16.0 Å². The van der Waals surface area contributed by atoms with Crippen molar-refractivity contribution in [3.63, 3.8) is 0 Å². The molecule has 0 saturated carbocycles. The topological polar surface area (TPSA) is 34.1 Å². The number of halogens is 1. The second-order valence-electron chi connectivity index (χ2n) is 2.99. The fourth-order valence-electron chi connectivity index (χ4n) is 1.10. The van der Waals surface area contributed by atoms with Crippen LogP contribution in [0.25, 0.3) is 9.75 Å². The van der Waals surface area contributed by atoms with Crippen molar-refractivity contribution < 1.29 is 8.42 Å². The Morgan fingerprint density at radius 3 is 1.74 bits per heavy atom. The second-order valence-corrected chi connectivity index (χ2v) is 8.04. The lowest BCUT2D eigenvalue weighted by Crippen LogP contribution is -1.91. The van der Waals surface area contributed by atoms with Gasteiger partial charge in [0.2, 0.25) is 0 Å². The molecule has 6 heteroatoms. The third-order valence-corrected chi connectivity index (χ3v) is 6.09. The Kier molecular flexibility index (Phi) is 8.57. The van der Waals surface area contributed by atoms with E-state index in [-0.39, 0.29) is 0 Å². The minimum absolute atomic E-state index is 0.391. The van der Waals surface area contributed by atoms with Gasteiger partial charge in [0.15, 0.2) is 9.84 Å². The number of rotatable bonds is 2. The summed E-state index contributed by atoms with van der Waals surface area (Å²) in [4.78, 5) is 1.94. The molecule has 0 unspecified atom stereocenters. The lowest BCUT2D eigenvalue weighted by atomic mass is 10.4. The molecule has 19 heavy (non-hydrogen) atoms. The zero-order chi connectivity index (χ0) is 15.1. The summed E-state index contributed by atoms with van der Waals surface area (Å²) >= 11 is 8.53. The molecule has 0 saturated heterocycles. The molecule has 0 aliphatic rings. The summed E-state index contributed by atoms with van der Waals surface area (Å²) in [5.74, 6) is 0. The quantitative estimate of drug-likeness (QED) is 0.715. The van der Waals surface area contributed by atoms with Gasteiger partial charge in [-0.25, -0.2) is 8.42 Å². The first kappa shape index (κ1) is 18.6. The van der Waals surface area contributed by atoms with Crippen LogP contribution in [0.4, 0.5) is 0 Å². The normalized spacial score (nSPS) is 10.0. The molecule has 0 aliphatic carbocycles. The summed E-state index contributed by atoms with van der Waals surface area (Å²) in [5, 5.41) is 0. The molecule has 2 aromatic rings. The fourth-order valence-corrected chi connectivity index (χ4v) is 4.16. The van der Waals surface area contributed by atoms with Crippen molar-refractivity contribution in [3.8, 4) is 9.75 Å². The SMILES string of the molecule is CC.CC.CS(=O)(=O)c1ccc(-c2ccc(Cl)s2)s1. The number of hydrogen-bond acceptors (Lipinski definition) is 4. The zero-order valence-electron chi connectivity index (χ0n) is 11.7. The van der Waals surface area contributed by atoms with Crippen molar-refractivity contribution in [1.29, 1.82) is 0 Å². The summed E-state index contributed by atoms with van der Waals surface area (Å²) < 4.78 is 23.6. The van der Waals surface area contributed by atoms with Crippen molar-refractivity contribution in [2.24, 2.45) is 0 Å². The first-order valence-corrected chi connectivity index (χ1v) is 9.92.